The third kappa shape index (κ3) is 4.01. The Morgan fingerprint density at radius 1 is 1.12 bits per heavy atom. The van der Waals surface area contributed by atoms with E-state index < -0.39 is 30.4 Å². The molecule has 0 aliphatic carbocycles. The van der Waals surface area contributed by atoms with Crippen LogP contribution in [-0.4, -0.2) is 45.7 Å². The van der Waals surface area contributed by atoms with Gasteiger partial charge in [-0.25, -0.2) is 0 Å². The molecular formula is C18H23N3O5. The number of aryl methyl sites for hydroxylation is 2. The van der Waals surface area contributed by atoms with Crippen molar-refractivity contribution in [1.82, 2.24) is 15.0 Å². The molecule has 0 amide bonds. The van der Waals surface area contributed by atoms with Gasteiger partial charge in [0.05, 0.1) is 0 Å². The van der Waals surface area contributed by atoms with Crippen molar-refractivity contribution in [3.05, 3.63) is 23.3 Å². The normalized spacial score (nSPS) is 23.0. The van der Waals surface area contributed by atoms with E-state index in [4.69, 9.17) is 14.2 Å². The summed E-state index contributed by atoms with van der Waals surface area (Å²) in [6, 6.07) is 3.99. The summed E-state index contributed by atoms with van der Waals surface area (Å²) in [4.78, 5) is 24.0. The second kappa shape index (κ2) is 7.41. The van der Waals surface area contributed by atoms with Gasteiger partial charge in [-0.3, -0.25) is 9.59 Å². The maximum Gasteiger partial charge on any atom is 0.302 e. The fourth-order valence-electron chi connectivity index (χ4n) is 3.03. The summed E-state index contributed by atoms with van der Waals surface area (Å²) in [6.45, 7) is 6.76. The smallest absolute Gasteiger partial charge is 0.302 e. The van der Waals surface area contributed by atoms with Gasteiger partial charge in [-0.05, 0) is 49.9 Å². The molecule has 1 aliphatic rings. The lowest BCUT2D eigenvalue weighted by Gasteiger charge is -2.34. The van der Waals surface area contributed by atoms with E-state index in [-0.39, 0.29) is 6.61 Å². The van der Waals surface area contributed by atoms with Crippen LogP contribution in [0, 0.1) is 13.8 Å². The molecule has 3 rings (SSSR count). The first-order valence-electron chi connectivity index (χ1n) is 8.63. The molecule has 0 spiro atoms. The zero-order valence-corrected chi connectivity index (χ0v) is 15.4. The Hall–Kier alpha value is -2.48. The molecule has 1 aromatic heterocycles. The van der Waals surface area contributed by atoms with Crippen molar-refractivity contribution in [2.45, 2.75) is 59.0 Å². The Morgan fingerprint density at radius 3 is 2.27 bits per heavy atom. The molecule has 2 aromatic rings. The summed E-state index contributed by atoms with van der Waals surface area (Å²) in [7, 11) is 0. The van der Waals surface area contributed by atoms with Crippen molar-refractivity contribution in [3.63, 3.8) is 0 Å². The van der Waals surface area contributed by atoms with Crippen LogP contribution in [0.4, 0.5) is 0 Å². The van der Waals surface area contributed by atoms with Crippen LogP contribution in [0.3, 0.4) is 0 Å². The van der Waals surface area contributed by atoms with Gasteiger partial charge in [-0.1, -0.05) is 0 Å². The van der Waals surface area contributed by atoms with Crippen LogP contribution in [0.15, 0.2) is 12.1 Å². The summed E-state index contributed by atoms with van der Waals surface area (Å²) >= 11 is 0. The first kappa shape index (κ1) is 18.3. The second-order valence-electron chi connectivity index (χ2n) is 6.60. The molecule has 1 aromatic carbocycles. The summed E-state index contributed by atoms with van der Waals surface area (Å²) in [6.07, 6.45) is -0.258. The highest BCUT2D eigenvalue weighted by molar-refractivity contribution is 5.75. The molecule has 2 heterocycles. The van der Waals surface area contributed by atoms with E-state index in [0.717, 1.165) is 22.2 Å². The van der Waals surface area contributed by atoms with E-state index in [1.165, 1.54) is 13.8 Å². The summed E-state index contributed by atoms with van der Waals surface area (Å²) < 4.78 is 16.4. The molecule has 26 heavy (non-hydrogen) atoms. The van der Waals surface area contributed by atoms with E-state index in [9.17, 15) is 9.59 Å². The number of fused-ring (bicyclic) bond motifs is 1. The molecule has 0 saturated carbocycles. The molecule has 3 atom stereocenters. The number of benzene rings is 1. The van der Waals surface area contributed by atoms with E-state index in [1.807, 2.05) is 26.0 Å². The summed E-state index contributed by atoms with van der Waals surface area (Å²) in [5.41, 5.74) is 3.90. The van der Waals surface area contributed by atoms with Gasteiger partial charge in [0, 0.05) is 13.8 Å². The average Bonchev–Trinajstić information content (AvgIpc) is 2.96. The topological polar surface area (TPSA) is 92.5 Å². The molecule has 1 saturated heterocycles. The highest BCUT2D eigenvalue weighted by Crippen LogP contribution is 2.29. The quantitative estimate of drug-likeness (QED) is 0.771. The Bertz CT molecular complexity index is 793. The van der Waals surface area contributed by atoms with Crippen LogP contribution in [0.1, 0.15) is 44.0 Å². The molecule has 0 N–H and O–H groups in total. The Labute approximate surface area is 151 Å². The van der Waals surface area contributed by atoms with Crippen molar-refractivity contribution < 1.29 is 23.8 Å². The van der Waals surface area contributed by atoms with E-state index in [2.05, 4.69) is 10.2 Å². The Balaban J connectivity index is 1.80. The number of hydrogen-bond donors (Lipinski definition) is 0. The number of nitrogens with zero attached hydrogens (tertiary/aromatic N) is 3. The van der Waals surface area contributed by atoms with Crippen LogP contribution in [0.5, 0.6) is 0 Å². The largest absolute Gasteiger partial charge is 0.463 e. The fraction of sp³-hybridized carbons (Fsp3) is 0.556. The van der Waals surface area contributed by atoms with Gasteiger partial charge in [0.25, 0.3) is 0 Å². The molecule has 8 heteroatoms. The summed E-state index contributed by atoms with van der Waals surface area (Å²) in [5.74, 6) is -0.801. The second-order valence-corrected chi connectivity index (χ2v) is 6.60. The molecule has 140 valence electrons. The van der Waals surface area contributed by atoms with Gasteiger partial charge in [-0.15, -0.1) is 0 Å². The van der Waals surface area contributed by atoms with E-state index in [1.54, 1.807) is 4.80 Å². The van der Waals surface area contributed by atoms with Crippen molar-refractivity contribution in [2.24, 2.45) is 0 Å². The number of carbonyl (C=O) groups excluding carboxylic acids is 2. The number of carbonyl (C=O) groups is 2. The third-order valence-corrected chi connectivity index (χ3v) is 4.48. The molecule has 1 fully saturated rings. The predicted octanol–water partition coefficient (Wildman–Crippen LogP) is 2.22. The van der Waals surface area contributed by atoms with Gasteiger partial charge in [-0.2, -0.15) is 15.0 Å². The predicted molar refractivity (Wildman–Crippen MR) is 92.3 cm³/mol. The van der Waals surface area contributed by atoms with Crippen molar-refractivity contribution in [1.29, 1.82) is 0 Å². The third-order valence-electron chi connectivity index (χ3n) is 4.48. The average molecular weight is 361 g/mol. The summed E-state index contributed by atoms with van der Waals surface area (Å²) in [5, 5.41) is 9.04. The van der Waals surface area contributed by atoms with Crippen molar-refractivity contribution in [3.8, 4) is 0 Å². The van der Waals surface area contributed by atoms with Crippen LogP contribution in [-0.2, 0) is 23.8 Å². The minimum atomic E-state index is -0.556. The highest BCUT2D eigenvalue weighted by atomic mass is 16.6. The van der Waals surface area contributed by atoms with Crippen molar-refractivity contribution >= 4 is 23.0 Å². The first-order valence-corrected chi connectivity index (χ1v) is 8.63. The number of esters is 2. The molecule has 0 radical (unpaired) electrons. The number of hydrogen-bond acceptors (Lipinski definition) is 7. The lowest BCUT2D eigenvalue weighted by atomic mass is 10.0. The fourth-order valence-corrected chi connectivity index (χ4v) is 3.03. The maximum atomic E-state index is 11.3. The molecular weight excluding hydrogens is 338 g/mol. The van der Waals surface area contributed by atoms with Gasteiger partial charge in [0.1, 0.15) is 29.8 Å². The van der Waals surface area contributed by atoms with Gasteiger partial charge in [0.2, 0.25) is 0 Å². The number of ether oxygens (including phenoxy) is 3. The zero-order valence-electron chi connectivity index (χ0n) is 15.4. The van der Waals surface area contributed by atoms with Crippen LogP contribution in [0.2, 0.25) is 0 Å². The molecule has 0 bridgehead atoms. The molecule has 8 nitrogen and oxygen atoms in total. The minimum Gasteiger partial charge on any atom is -0.463 e. The van der Waals surface area contributed by atoms with Crippen LogP contribution < -0.4 is 0 Å². The highest BCUT2D eigenvalue weighted by Gasteiger charge is 2.36. The zero-order chi connectivity index (χ0) is 18.8. The van der Waals surface area contributed by atoms with Crippen LogP contribution >= 0.6 is 0 Å². The lowest BCUT2D eigenvalue weighted by Crippen LogP contribution is -2.43. The van der Waals surface area contributed by atoms with Crippen molar-refractivity contribution in [2.75, 3.05) is 6.61 Å². The monoisotopic (exact) mass is 361 g/mol. The SMILES string of the molecule is CC(=O)OC[C@@H]1O[C@H](n2nc3cc(C)c(C)cc3n2)CC[C@@H]1OC(C)=O. The number of aromatic nitrogens is 3. The van der Waals surface area contributed by atoms with Gasteiger partial charge < -0.3 is 14.2 Å². The van der Waals surface area contributed by atoms with Crippen LogP contribution in [0.25, 0.3) is 11.0 Å². The maximum absolute atomic E-state index is 11.3. The van der Waals surface area contributed by atoms with E-state index >= 15 is 0 Å². The van der Waals surface area contributed by atoms with E-state index in [0.29, 0.717) is 12.8 Å². The van der Waals surface area contributed by atoms with Gasteiger partial charge in [0.15, 0.2) is 6.23 Å². The number of rotatable bonds is 4. The lowest BCUT2D eigenvalue weighted by molar-refractivity contribution is -0.195. The Kier molecular flexibility index (Phi) is 5.22. The molecule has 1 aliphatic heterocycles. The first-order chi connectivity index (χ1) is 12.3. The minimum absolute atomic E-state index is 0.0167. The Morgan fingerprint density at radius 2 is 1.73 bits per heavy atom. The van der Waals surface area contributed by atoms with Gasteiger partial charge >= 0.3 is 11.9 Å². The molecule has 0 unspecified atom stereocenters. The standard InChI is InChI=1S/C18H23N3O5/c1-10-7-14-15(8-11(10)2)20-21(19-14)18-6-5-16(25-13(4)23)17(26-18)9-24-12(3)22/h7-8,16-18H,5-6,9H2,1-4H3/t16-,17-,18-/m0/s1.